The number of azo groups is 1. The molecule has 2 aromatic rings. The number of hydrogen-bond acceptors (Lipinski definition) is 4. The number of hydrogen-bond donors (Lipinski definition) is 1. The Morgan fingerprint density at radius 1 is 1.21 bits per heavy atom. The van der Waals surface area contributed by atoms with Gasteiger partial charge >= 0.3 is 6.18 Å². The zero-order valence-electron chi connectivity index (χ0n) is 14.9. The van der Waals surface area contributed by atoms with Crippen molar-refractivity contribution >= 4 is 11.6 Å². The third-order valence-electron chi connectivity index (χ3n) is 4.53. The number of nitrogens with zero attached hydrogens (tertiary/aromatic N) is 3. The van der Waals surface area contributed by atoms with Gasteiger partial charge in [-0.15, -0.1) is 0 Å². The maximum atomic E-state index is 13.4. The van der Waals surface area contributed by atoms with Crippen molar-refractivity contribution in [3.63, 3.8) is 0 Å². The molecule has 0 radical (unpaired) electrons. The third-order valence-corrected chi connectivity index (χ3v) is 4.53. The quantitative estimate of drug-likeness (QED) is 0.713. The summed E-state index contributed by atoms with van der Waals surface area (Å²) in [6.07, 6.45) is -4.74. The monoisotopic (exact) mass is 408 g/mol. The van der Waals surface area contributed by atoms with Crippen LogP contribution in [0.25, 0.3) is 0 Å². The van der Waals surface area contributed by atoms with Crippen molar-refractivity contribution in [1.29, 1.82) is 5.26 Å². The molecular formula is C19H13F5N4O. The van der Waals surface area contributed by atoms with Gasteiger partial charge in [-0.3, -0.25) is 4.79 Å². The van der Waals surface area contributed by atoms with Gasteiger partial charge in [0.2, 0.25) is 0 Å². The average Bonchev–Trinajstić information content (AvgIpc) is 3.07. The Kier molecular flexibility index (Phi) is 5.09. The van der Waals surface area contributed by atoms with Crippen LogP contribution in [0, 0.1) is 23.0 Å². The van der Waals surface area contributed by atoms with E-state index in [1.54, 1.807) is 0 Å². The van der Waals surface area contributed by atoms with Gasteiger partial charge in [0.15, 0.2) is 17.2 Å². The predicted molar refractivity (Wildman–Crippen MR) is 91.8 cm³/mol. The fraction of sp³-hybridized carbons (Fsp3) is 0.263. The summed E-state index contributed by atoms with van der Waals surface area (Å²) in [4.78, 5) is 12.6. The normalized spacial score (nSPS) is 21.1. The SMILES string of the molecule is CC1(C(=O)Nc2ccc(C#N)c(C(F)(F)F)c2)CC(c2ccc(F)c(F)c2)N=N1. The van der Waals surface area contributed by atoms with E-state index in [1.807, 2.05) is 0 Å². The Morgan fingerprint density at radius 3 is 2.55 bits per heavy atom. The number of alkyl halides is 3. The minimum absolute atomic E-state index is 0.0202. The van der Waals surface area contributed by atoms with Crippen LogP contribution in [0.2, 0.25) is 0 Å². The van der Waals surface area contributed by atoms with Gasteiger partial charge in [-0.1, -0.05) is 6.07 Å². The van der Waals surface area contributed by atoms with Gasteiger partial charge in [-0.2, -0.15) is 28.7 Å². The van der Waals surface area contributed by atoms with Crippen molar-refractivity contribution in [2.75, 3.05) is 5.32 Å². The number of carbonyl (C=O) groups excluding carboxylic acids is 1. The Labute approximate surface area is 161 Å². The van der Waals surface area contributed by atoms with Crippen molar-refractivity contribution in [1.82, 2.24) is 0 Å². The van der Waals surface area contributed by atoms with Gasteiger partial charge in [-0.25, -0.2) is 8.78 Å². The Hall–Kier alpha value is -3.35. The van der Waals surface area contributed by atoms with Crippen molar-refractivity contribution in [2.24, 2.45) is 10.2 Å². The molecule has 1 aliphatic heterocycles. The summed E-state index contributed by atoms with van der Waals surface area (Å²) < 4.78 is 65.7. The highest BCUT2D eigenvalue weighted by Crippen LogP contribution is 2.39. The van der Waals surface area contributed by atoms with E-state index in [0.717, 1.165) is 18.2 Å². The lowest BCUT2D eigenvalue weighted by Gasteiger charge is -2.20. The summed E-state index contributed by atoms with van der Waals surface area (Å²) in [6, 6.07) is 6.77. The lowest BCUT2D eigenvalue weighted by molar-refractivity contribution is -0.137. The van der Waals surface area contributed by atoms with Crippen molar-refractivity contribution in [3.05, 3.63) is 64.7 Å². The molecule has 2 unspecified atom stereocenters. The number of nitrogens with one attached hydrogen (secondary N) is 1. The van der Waals surface area contributed by atoms with Crippen LogP contribution in [0.3, 0.4) is 0 Å². The Morgan fingerprint density at radius 2 is 1.93 bits per heavy atom. The maximum Gasteiger partial charge on any atom is 0.417 e. The minimum atomic E-state index is -4.76. The van der Waals surface area contributed by atoms with Crippen LogP contribution in [0.5, 0.6) is 0 Å². The van der Waals surface area contributed by atoms with Crippen LogP contribution < -0.4 is 5.32 Å². The first-order chi connectivity index (χ1) is 13.5. The average molecular weight is 408 g/mol. The van der Waals surface area contributed by atoms with Gasteiger partial charge in [-0.05, 0) is 42.8 Å². The molecule has 0 fully saturated rings. The fourth-order valence-corrected chi connectivity index (χ4v) is 2.92. The molecule has 1 N–H and O–H groups in total. The molecule has 0 aliphatic carbocycles. The van der Waals surface area contributed by atoms with Crippen LogP contribution in [-0.2, 0) is 11.0 Å². The second kappa shape index (κ2) is 7.24. The van der Waals surface area contributed by atoms with E-state index in [1.165, 1.54) is 25.1 Å². The molecule has 2 atom stereocenters. The first-order valence-corrected chi connectivity index (χ1v) is 8.33. The second-order valence-electron chi connectivity index (χ2n) is 6.71. The summed E-state index contributed by atoms with van der Waals surface area (Å²) in [5.74, 6) is -2.80. The number of nitriles is 1. The lowest BCUT2D eigenvalue weighted by atomic mass is 9.91. The van der Waals surface area contributed by atoms with Crippen LogP contribution in [-0.4, -0.2) is 11.4 Å². The number of benzene rings is 2. The summed E-state index contributed by atoms with van der Waals surface area (Å²) in [5, 5.41) is 19.0. The highest BCUT2D eigenvalue weighted by molar-refractivity contribution is 5.98. The largest absolute Gasteiger partial charge is 0.417 e. The highest BCUT2D eigenvalue weighted by atomic mass is 19.4. The molecule has 0 saturated heterocycles. The molecule has 5 nitrogen and oxygen atoms in total. The first kappa shape index (κ1) is 20.4. The predicted octanol–water partition coefficient (Wildman–Crippen LogP) is 5.15. The van der Waals surface area contributed by atoms with Gasteiger partial charge < -0.3 is 5.32 Å². The number of amides is 1. The van der Waals surface area contributed by atoms with Gasteiger partial charge in [0.05, 0.1) is 23.2 Å². The standard InChI is InChI=1S/C19H13F5N4O/c1-18(8-16(27-28-18)10-3-5-14(20)15(21)6-10)17(29)26-12-4-2-11(9-25)13(7-12)19(22,23)24/h2-7,16H,8H2,1H3,(H,26,29). The molecular weight excluding hydrogens is 395 g/mol. The van der Waals surface area contributed by atoms with E-state index in [2.05, 4.69) is 15.5 Å². The molecule has 3 rings (SSSR count). The molecule has 0 bridgehead atoms. The summed E-state index contributed by atoms with van der Waals surface area (Å²) >= 11 is 0. The van der Waals surface area contributed by atoms with Crippen LogP contribution in [0.1, 0.15) is 36.1 Å². The molecule has 10 heteroatoms. The second-order valence-corrected chi connectivity index (χ2v) is 6.71. The summed E-state index contributed by atoms with van der Waals surface area (Å²) in [5.41, 5.74) is -2.99. The third kappa shape index (κ3) is 4.08. The molecule has 0 saturated carbocycles. The van der Waals surface area contributed by atoms with Crippen molar-refractivity contribution in [3.8, 4) is 6.07 Å². The topological polar surface area (TPSA) is 77.6 Å². The van der Waals surface area contributed by atoms with Crippen molar-refractivity contribution < 1.29 is 26.7 Å². The number of anilines is 1. The van der Waals surface area contributed by atoms with E-state index in [4.69, 9.17) is 5.26 Å². The van der Waals surface area contributed by atoms with Crippen LogP contribution >= 0.6 is 0 Å². The molecule has 1 amide bonds. The number of halogens is 5. The summed E-state index contributed by atoms with van der Waals surface area (Å²) in [6.45, 7) is 1.43. The molecule has 0 aromatic heterocycles. The van der Waals surface area contributed by atoms with E-state index >= 15 is 0 Å². The fourth-order valence-electron chi connectivity index (χ4n) is 2.92. The highest BCUT2D eigenvalue weighted by Gasteiger charge is 2.41. The Bertz CT molecular complexity index is 1040. The van der Waals surface area contributed by atoms with Gasteiger partial charge in [0.25, 0.3) is 5.91 Å². The van der Waals surface area contributed by atoms with Gasteiger partial charge in [0.1, 0.15) is 0 Å². The van der Waals surface area contributed by atoms with Crippen molar-refractivity contribution in [2.45, 2.75) is 31.1 Å². The lowest BCUT2D eigenvalue weighted by Crippen LogP contribution is -2.37. The molecule has 150 valence electrons. The Balaban J connectivity index is 1.79. The molecule has 29 heavy (non-hydrogen) atoms. The van der Waals surface area contributed by atoms with Gasteiger partial charge in [0, 0.05) is 12.1 Å². The maximum absolute atomic E-state index is 13.4. The van der Waals surface area contributed by atoms with Crippen LogP contribution in [0.4, 0.5) is 27.6 Å². The molecule has 1 aliphatic rings. The minimum Gasteiger partial charge on any atom is -0.324 e. The summed E-state index contributed by atoms with van der Waals surface area (Å²) in [7, 11) is 0. The molecule has 0 spiro atoms. The first-order valence-electron chi connectivity index (χ1n) is 8.33. The zero-order chi connectivity index (χ0) is 21.4. The van der Waals surface area contributed by atoms with E-state index in [9.17, 15) is 26.7 Å². The zero-order valence-corrected chi connectivity index (χ0v) is 14.9. The smallest absolute Gasteiger partial charge is 0.324 e. The van der Waals surface area contributed by atoms with Crippen LogP contribution in [0.15, 0.2) is 46.6 Å². The van der Waals surface area contributed by atoms with E-state index in [0.29, 0.717) is 11.6 Å². The van der Waals surface area contributed by atoms with E-state index in [-0.39, 0.29) is 12.1 Å². The van der Waals surface area contributed by atoms with E-state index < -0.39 is 46.4 Å². The number of carbonyl (C=O) groups is 1. The number of rotatable bonds is 3. The molecule has 1 heterocycles. The molecule has 2 aromatic carbocycles.